The second kappa shape index (κ2) is 7.62. The van der Waals surface area contributed by atoms with Crippen LogP contribution in [0.4, 0.5) is 10.3 Å². The van der Waals surface area contributed by atoms with Gasteiger partial charge in [-0.25, -0.2) is 14.4 Å². The normalized spacial score (nSPS) is 14.8. The van der Waals surface area contributed by atoms with Gasteiger partial charge in [0.15, 0.2) is 0 Å². The maximum atomic E-state index is 13.3. The van der Waals surface area contributed by atoms with Crippen LogP contribution in [0.15, 0.2) is 61.1 Å². The average molecular weight is 404 g/mol. The molecule has 0 saturated carbocycles. The van der Waals surface area contributed by atoms with Crippen molar-refractivity contribution in [3.05, 3.63) is 72.6 Å². The molecule has 2 aromatic carbocycles. The quantitative estimate of drug-likeness (QED) is 0.569. The second-order valence-electron chi connectivity index (χ2n) is 7.34. The monoisotopic (exact) mass is 404 g/mol. The zero-order valence-electron chi connectivity index (χ0n) is 16.3. The number of aromatic amines is 1. The molecule has 0 bridgehead atoms. The molecule has 1 aliphatic heterocycles. The molecule has 1 aliphatic rings. The molecule has 0 aliphatic carbocycles. The summed E-state index contributed by atoms with van der Waals surface area (Å²) in [6, 6.07) is 14.0. The van der Waals surface area contributed by atoms with E-state index in [1.165, 1.54) is 12.1 Å². The lowest BCUT2D eigenvalue weighted by Crippen LogP contribution is -2.36. The minimum absolute atomic E-state index is 0.0803. The molecule has 0 atom stereocenters. The van der Waals surface area contributed by atoms with Crippen molar-refractivity contribution in [2.45, 2.75) is 6.42 Å². The molecule has 2 aromatic heterocycles. The van der Waals surface area contributed by atoms with Gasteiger partial charge in [-0.3, -0.25) is 9.36 Å². The molecule has 0 radical (unpaired) electrons. The lowest BCUT2D eigenvalue weighted by Gasteiger charge is -2.22. The molecule has 1 fully saturated rings. The number of hydrogen-bond acceptors (Lipinski definition) is 4. The van der Waals surface area contributed by atoms with E-state index in [-0.39, 0.29) is 11.7 Å². The fraction of sp³-hybridized carbons (Fsp3) is 0.227. The van der Waals surface area contributed by atoms with Gasteiger partial charge in [-0.1, -0.05) is 12.1 Å². The number of carbonyl (C=O) groups is 1. The van der Waals surface area contributed by atoms with Crippen molar-refractivity contribution in [3.8, 4) is 5.69 Å². The van der Waals surface area contributed by atoms with Crippen molar-refractivity contribution in [1.29, 1.82) is 0 Å². The van der Waals surface area contributed by atoms with E-state index in [0.717, 1.165) is 29.9 Å². The fourth-order valence-corrected chi connectivity index (χ4v) is 3.84. The number of nitrogens with zero attached hydrogens (tertiary/aromatic N) is 5. The summed E-state index contributed by atoms with van der Waals surface area (Å²) >= 11 is 0. The number of hydrogen-bond donors (Lipinski definition) is 1. The molecule has 8 heteroatoms. The van der Waals surface area contributed by atoms with Gasteiger partial charge in [-0.2, -0.15) is 0 Å². The smallest absolute Gasteiger partial charge is 0.272 e. The van der Waals surface area contributed by atoms with Crippen LogP contribution < -0.4 is 4.90 Å². The summed E-state index contributed by atoms with van der Waals surface area (Å²) in [5.41, 5.74) is 3.12. The Morgan fingerprint density at radius 1 is 1.00 bits per heavy atom. The molecule has 3 heterocycles. The molecule has 1 amide bonds. The SMILES string of the molecule is O=C(c1cncn1-c1ccc(F)cc1)N1CCCN(c2nc3ccccc3[nH]2)CC1. The van der Waals surface area contributed by atoms with Crippen LogP contribution >= 0.6 is 0 Å². The van der Waals surface area contributed by atoms with Crippen molar-refractivity contribution in [1.82, 2.24) is 24.4 Å². The van der Waals surface area contributed by atoms with Gasteiger partial charge in [0, 0.05) is 31.9 Å². The summed E-state index contributed by atoms with van der Waals surface area (Å²) in [4.78, 5) is 29.4. The molecule has 4 aromatic rings. The Hall–Kier alpha value is -3.68. The van der Waals surface area contributed by atoms with E-state index in [0.29, 0.717) is 31.0 Å². The summed E-state index contributed by atoms with van der Waals surface area (Å²) in [5.74, 6) is 0.440. The van der Waals surface area contributed by atoms with Crippen LogP contribution in [-0.2, 0) is 0 Å². The molecule has 1 N–H and O–H groups in total. The van der Waals surface area contributed by atoms with Crippen LogP contribution in [0.25, 0.3) is 16.7 Å². The Bertz CT molecular complexity index is 1150. The number of para-hydroxylation sites is 2. The van der Waals surface area contributed by atoms with Crippen LogP contribution in [0.1, 0.15) is 16.9 Å². The Morgan fingerprint density at radius 3 is 2.67 bits per heavy atom. The number of amides is 1. The number of anilines is 1. The number of halogens is 1. The predicted molar refractivity (Wildman–Crippen MR) is 112 cm³/mol. The van der Waals surface area contributed by atoms with Crippen molar-refractivity contribution in [2.24, 2.45) is 0 Å². The topological polar surface area (TPSA) is 70.1 Å². The highest BCUT2D eigenvalue weighted by molar-refractivity contribution is 5.93. The van der Waals surface area contributed by atoms with E-state index in [9.17, 15) is 9.18 Å². The third-order valence-electron chi connectivity index (χ3n) is 5.42. The minimum Gasteiger partial charge on any atom is -0.341 e. The van der Waals surface area contributed by atoms with E-state index >= 15 is 0 Å². The van der Waals surface area contributed by atoms with Crippen LogP contribution in [0, 0.1) is 5.82 Å². The molecule has 0 spiro atoms. The first kappa shape index (κ1) is 18.4. The Labute approximate surface area is 172 Å². The van der Waals surface area contributed by atoms with Gasteiger partial charge in [0.2, 0.25) is 5.95 Å². The standard InChI is InChI=1S/C22H21FN6O/c23-16-6-8-17(9-7-16)29-15-24-14-20(29)21(30)27-10-3-11-28(13-12-27)22-25-18-4-1-2-5-19(18)26-22/h1-2,4-9,14-15H,3,10-13H2,(H,25,26). The predicted octanol–water partition coefficient (Wildman–Crippen LogP) is 3.24. The first-order valence-electron chi connectivity index (χ1n) is 9.96. The summed E-state index contributed by atoms with van der Waals surface area (Å²) < 4.78 is 15.0. The van der Waals surface area contributed by atoms with Gasteiger partial charge < -0.3 is 14.8 Å². The molecule has 1 saturated heterocycles. The highest BCUT2D eigenvalue weighted by Gasteiger charge is 2.24. The van der Waals surface area contributed by atoms with Gasteiger partial charge >= 0.3 is 0 Å². The van der Waals surface area contributed by atoms with Crippen LogP contribution in [0.5, 0.6) is 0 Å². The number of imidazole rings is 2. The average Bonchev–Trinajstić information content (AvgIpc) is 3.35. The number of nitrogens with one attached hydrogen (secondary N) is 1. The number of aromatic nitrogens is 4. The van der Waals surface area contributed by atoms with Crippen LogP contribution in [0.2, 0.25) is 0 Å². The maximum absolute atomic E-state index is 13.3. The molecule has 0 unspecified atom stereocenters. The minimum atomic E-state index is -0.315. The number of carbonyl (C=O) groups excluding carboxylic acids is 1. The van der Waals surface area contributed by atoms with E-state index in [1.54, 1.807) is 29.2 Å². The Morgan fingerprint density at radius 2 is 1.83 bits per heavy atom. The second-order valence-corrected chi connectivity index (χ2v) is 7.34. The van der Waals surface area contributed by atoms with Crippen LogP contribution in [0.3, 0.4) is 0 Å². The van der Waals surface area contributed by atoms with Gasteiger partial charge in [0.25, 0.3) is 5.91 Å². The Kier molecular flexibility index (Phi) is 4.66. The molecular weight excluding hydrogens is 383 g/mol. The molecule has 5 rings (SSSR count). The number of rotatable bonds is 3. The number of H-pyrrole nitrogens is 1. The highest BCUT2D eigenvalue weighted by Crippen LogP contribution is 2.20. The van der Waals surface area contributed by atoms with Crippen molar-refractivity contribution in [2.75, 3.05) is 31.1 Å². The summed E-state index contributed by atoms with van der Waals surface area (Å²) in [6.45, 7) is 2.76. The zero-order chi connectivity index (χ0) is 20.5. The molecule has 30 heavy (non-hydrogen) atoms. The van der Waals surface area contributed by atoms with Gasteiger partial charge in [-0.15, -0.1) is 0 Å². The van der Waals surface area contributed by atoms with Crippen molar-refractivity contribution in [3.63, 3.8) is 0 Å². The molecular formula is C22H21FN6O. The number of benzene rings is 2. The van der Waals surface area contributed by atoms with Gasteiger partial charge in [-0.05, 0) is 42.8 Å². The van der Waals surface area contributed by atoms with E-state index in [4.69, 9.17) is 0 Å². The largest absolute Gasteiger partial charge is 0.341 e. The van der Waals surface area contributed by atoms with Crippen LogP contribution in [-0.4, -0.2) is 56.5 Å². The first-order chi connectivity index (χ1) is 14.7. The summed E-state index contributed by atoms with van der Waals surface area (Å²) in [6.07, 6.45) is 3.99. The van der Waals surface area contributed by atoms with Gasteiger partial charge in [0.05, 0.1) is 23.6 Å². The van der Waals surface area contributed by atoms with E-state index < -0.39 is 0 Å². The Balaban J connectivity index is 1.33. The highest BCUT2D eigenvalue weighted by atomic mass is 19.1. The van der Waals surface area contributed by atoms with Gasteiger partial charge in [0.1, 0.15) is 11.5 Å². The summed E-state index contributed by atoms with van der Waals surface area (Å²) in [5, 5.41) is 0. The fourth-order valence-electron chi connectivity index (χ4n) is 3.84. The third kappa shape index (κ3) is 3.41. The summed E-state index contributed by atoms with van der Waals surface area (Å²) in [7, 11) is 0. The molecule has 7 nitrogen and oxygen atoms in total. The van der Waals surface area contributed by atoms with Crippen molar-refractivity contribution < 1.29 is 9.18 Å². The van der Waals surface area contributed by atoms with E-state index in [1.807, 2.05) is 29.2 Å². The van der Waals surface area contributed by atoms with E-state index in [2.05, 4.69) is 19.9 Å². The van der Waals surface area contributed by atoms with Crippen molar-refractivity contribution >= 4 is 22.9 Å². The number of fused-ring (bicyclic) bond motifs is 1. The molecule has 152 valence electrons. The lowest BCUT2D eigenvalue weighted by molar-refractivity contribution is 0.0759. The maximum Gasteiger partial charge on any atom is 0.272 e. The zero-order valence-corrected chi connectivity index (χ0v) is 16.3. The first-order valence-corrected chi connectivity index (χ1v) is 9.96. The lowest BCUT2D eigenvalue weighted by atomic mass is 10.3. The third-order valence-corrected chi connectivity index (χ3v) is 5.42.